The molecule has 21 heavy (non-hydrogen) atoms. The molecule has 0 fully saturated rings. The number of unbranched alkanes of at least 4 members (excludes halogenated alkanes) is 2. The first-order chi connectivity index (χ1) is 10.3. The highest BCUT2D eigenvalue weighted by Gasteiger charge is 2.11. The molecule has 1 heterocycles. The Labute approximate surface area is 128 Å². The summed E-state index contributed by atoms with van der Waals surface area (Å²) in [6, 6.07) is 8.01. The fourth-order valence-corrected chi connectivity index (χ4v) is 2.40. The highest BCUT2D eigenvalue weighted by molar-refractivity contribution is 5.28. The zero-order chi connectivity index (χ0) is 14.9. The predicted molar refractivity (Wildman–Crippen MR) is 88.1 cm³/mol. The number of benzene rings is 1. The quantitative estimate of drug-likeness (QED) is 0.744. The van der Waals surface area contributed by atoms with Crippen molar-refractivity contribution in [2.45, 2.75) is 32.7 Å². The first-order valence-corrected chi connectivity index (χ1v) is 7.86. The van der Waals surface area contributed by atoms with Gasteiger partial charge in [-0.05, 0) is 30.2 Å². The van der Waals surface area contributed by atoms with Crippen molar-refractivity contribution in [2.75, 3.05) is 19.7 Å². The molecule has 3 heteroatoms. The first kappa shape index (κ1) is 15.6. The summed E-state index contributed by atoms with van der Waals surface area (Å²) < 4.78 is 5.90. The molecule has 1 aliphatic heterocycles. The molecule has 0 aromatic heterocycles. The van der Waals surface area contributed by atoms with Crippen molar-refractivity contribution in [1.29, 1.82) is 0 Å². The molecule has 0 saturated heterocycles. The lowest BCUT2D eigenvalue weighted by molar-refractivity contribution is 0.273. The van der Waals surface area contributed by atoms with Gasteiger partial charge in [0.1, 0.15) is 12.4 Å². The molecule has 0 aliphatic carbocycles. The number of hydrogen-bond acceptors (Lipinski definition) is 3. The lowest BCUT2D eigenvalue weighted by atomic mass is 10.2. The molecule has 0 bridgehead atoms. The molecule has 0 spiro atoms. The number of rotatable bonds is 8. The zero-order valence-electron chi connectivity index (χ0n) is 12.9. The summed E-state index contributed by atoms with van der Waals surface area (Å²) in [4.78, 5) is 2.41. The number of ether oxygens (including phenoxy) is 1. The molecular weight excluding hydrogens is 260 g/mol. The van der Waals surface area contributed by atoms with Crippen LogP contribution in [0.25, 0.3) is 0 Å². The van der Waals surface area contributed by atoms with E-state index in [4.69, 9.17) is 10.5 Å². The van der Waals surface area contributed by atoms with E-state index in [-0.39, 0.29) is 0 Å². The van der Waals surface area contributed by atoms with E-state index in [0.29, 0.717) is 13.2 Å². The Morgan fingerprint density at radius 1 is 1.19 bits per heavy atom. The summed E-state index contributed by atoms with van der Waals surface area (Å²) in [6.45, 7) is 5.53. The summed E-state index contributed by atoms with van der Waals surface area (Å²) in [7, 11) is 0. The lowest BCUT2D eigenvalue weighted by Crippen LogP contribution is -2.29. The number of allylic oxidation sites excluding steroid dienone is 2. The van der Waals surface area contributed by atoms with Crippen LogP contribution in [0, 0.1) is 0 Å². The largest absolute Gasteiger partial charge is 0.487 e. The van der Waals surface area contributed by atoms with Gasteiger partial charge in [0.25, 0.3) is 0 Å². The topological polar surface area (TPSA) is 38.5 Å². The standard InChI is InChI=1S/C18H26N2O/c1-2-3-5-12-20-13-6-4-7-17(20)15-21-18-10-8-16(14-19)9-11-18/h4,6-11H,2-3,5,12-15,19H2,1H3. The van der Waals surface area contributed by atoms with Crippen LogP contribution in [0.15, 0.2) is 48.2 Å². The van der Waals surface area contributed by atoms with Crippen molar-refractivity contribution in [3.8, 4) is 5.75 Å². The normalized spacial score (nSPS) is 14.2. The van der Waals surface area contributed by atoms with Crippen LogP contribution in [0.4, 0.5) is 0 Å². The fraction of sp³-hybridized carbons (Fsp3) is 0.444. The van der Waals surface area contributed by atoms with Crippen molar-refractivity contribution < 1.29 is 4.74 Å². The van der Waals surface area contributed by atoms with E-state index < -0.39 is 0 Å². The number of nitrogens with zero attached hydrogens (tertiary/aromatic N) is 1. The smallest absolute Gasteiger partial charge is 0.128 e. The Balaban J connectivity index is 1.86. The van der Waals surface area contributed by atoms with E-state index in [1.165, 1.54) is 25.0 Å². The summed E-state index contributed by atoms with van der Waals surface area (Å²) in [6.07, 6.45) is 10.3. The van der Waals surface area contributed by atoms with Gasteiger partial charge in [-0.1, -0.05) is 44.1 Å². The lowest BCUT2D eigenvalue weighted by Gasteiger charge is -2.28. The summed E-state index contributed by atoms with van der Waals surface area (Å²) in [5, 5.41) is 0. The Hall–Kier alpha value is -1.74. The molecule has 0 unspecified atom stereocenters. The molecular formula is C18H26N2O. The van der Waals surface area contributed by atoms with E-state index in [2.05, 4.69) is 30.1 Å². The molecule has 114 valence electrons. The van der Waals surface area contributed by atoms with E-state index in [9.17, 15) is 0 Å². The van der Waals surface area contributed by atoms with E-state index >= 15 is 0 Å². The summed E-state index contributed by atoms with van der Waals surface area (Å²) >= 11 is 0. The monoisotopic (exact) mass is 286 g/mol. The molecule has 0 radical (unpaired) electrons. The maximum absolute atomic E-state index is 5.90. The van der Waals surface area contributed by atoms with Gasteiger partial charge in [0.05, 0.1) is 5.70 Å². The number of nitrogens with two attached hydrogens (primary N) is 1. The maximum atomic E-state index is 5.90. The highest BCUT2D eigenvalue weighted by Crippen LogP contribution is 2.16. The van der Waals surface area contributed by atoms with Crippen molar-refractivity contribution in [3.05, 3.63) is 53.8 Å². The number of hydrogen-bond donors (Lipinski definition) is 1. The van der Waals surface area contributed by atoms with Crippen LogP contribution >= 0.6 is 0 Å². The van der Waals surface area contributed by atoms with Gasteiger partial charge in [-0.3, -0.25) is 0 Å². The molecule has 1 aliphatic rings. The second-order valence-corrected chi connectivity index (χ2v) is 5.38. The third-order valence-electron chi connectivity index (χ3n) is 3.73. The average Bonchev–Trinajstić information content (AvgIpc) is 2.54. The summed E-state index contributed by atoms with van der Waals surface area (Å²) in [5.41, 5.74) is 7.99. The molecule has 2 rings (SSSR count). The Morgan fingerprint density at radius 3 is 2.71 bits per heavy atom. The molecule has 3 nitrogen and oxygen atoms in total. The van der Waals surface area contributed by atoms with Gasteiger partial charge < -0.3 is 15.4 Å². The molecule has 1 aromatic rings. The van der Waals surface area contributed by atoms with Crippen molar-refractivity contribution in [2.24, 2.45) is 5.73 Å². The SMILES string of the molecule is CCCCCN1CC=CC=C1COc1ccc(CN)cc1. The van der Waals surface area contributed by atoms with Crippen LogP contribution in [-0.4, -0.2) is 24.6 Å². The minimum atomic E-state index is 0.571. The van der Waals surface area contributed by atoms with E-state index in [1.807, 2.05) is 24.3 Å². The van der Waals surface area contributed by atoms with Crippen LogP contribution in [0.5, 0.6) is 5.75 Å². The van der Waals surface area contributed by atoms with Gasteiger partial charge in [-0.25, -0.2) is 0 Å². The van der Waals surface area contributed by atoms with Crippen LogP contribution in [0.1, 0.15) is 31.7 Å². The summed E-state index contributed by atoms with van der Waals surface area (Å²) in [5.74, 6) is 0.899. The molecule has 0 amide bonds. The molecule has 2 N–H and O–H groups in total. The zero-order valence-corrected chi connectivity index (χ0v) is 12.9. The van der Waals surface area contributed by atoms with Gasteiger partial charge in [0.2, 0.25) is 0 Å². The Morgan fingerprint density at radius 2 is 2.00 bits per heavy atom. The van der Waals surface area contributed by atoms with Gasteiger partial charge in [-0.2, -0.15) is 0 Å². The van der Waals surface area contributed by atoms with Crippen LogP contribution in [-0.2, 0) is 6.54 Å². The van der Waals surface area contributed by atoms with Gasteiger partial charge in [0.15, 0.2) is 0 Å². The van der Waals surface area contributed by atoms with Crippen LogP contribution in [0.3, 0.4) is 0 Å². The molecule has 1 aromatic carbocycles. The van der Waals surface area contributed by atoms with E-state index in [1.54, 1.807) is 0 Å². The van der Waals surface area contributed by atoms with Crippen molar-refractivity contribution >= 4 is 0 Å². The van der Waals surface area contributed by atoms with Gasteiger partial charge >= 0.3 is 0 Å². The average molecular weight is 286 g/mol. The molecule has 0 saturated carbocycles. The van der Waals surface area contributed by atoms with Crippen LogP contribution < -0.4 is 10.5 Å². The van der Waals surface area contributed by atoms with Crippen LogP contribution in [0.2, 0.25) is 0 Å². The second kappa shape index (κ2) is 8.53. The maximum Gasteiger partial charge on any atom is 0.128 e. The van der Waals surface area contributed by atoms with E-state index in [0.717, 1.165) is 24.4 Å². The molecule has 0 atom stereocenters. The third kappa shape index (κ3) is 4.94. The van der Waals surface area contributed by atoms with Gasteiger partial charge in [0, 0.05) is 19.6 Å². The van der Waals surface area contributed by atoms with Crippen molar-refractivity contribution in [1.82, 2.24) is 4.90 Å². The first-order valence-electron chi connectivity index (χ1n) is 7.86. The van der Waals surface area contributed by atoms with Gasteiger partial charge in [-0.15, -0.1) is 0 Å². The second-order valence-electron chi connectivity index (χ2n) is 5.38. The Kier molecular flexibility index (Phi) is 6.35. The third-order valence-corrected chi connectivity index (χ3v) is 3.73. The fourth-order valence-electron chi connectivity index (χ4n) is 2.40. The van der Waals surface area contributed by atoms with Crippen molar-refractivity contribution in [3.63, 3.8) is 0 Å². The predicted octanol–water partition coefficient (Wildman–Crippen LogP) is 3.47. The highest BCUT2D eigenvalue weighted by atomic mass is 16.5. The minimum Gasteiger partial charge on any atom is -0.487 e. The minimum absolute atomic E-state index is 0.571. The Bertz CT molecular complexity index is 476.